The molecule has 1 fully saturated rings. The molecule has 2 aromatic carbocycles. The van der Waals surface area contributed by atoms with E-state index < -0.39 is 0 Å². The van der Waals surface area contributed by atoms with E-state index in [1.54, 1.807) is 12.0 Å². The number of carbonyl (C=O) groups excluding carboxylic acids is 1. The highest BCUT2D eigenvalue weighted by molar-refractivity contribution is 7.22. The van der Waals surface area contributed by atoms with Gasteiger partial charge in [0.15, 0.2) is 11.7 Å². The van der Waals surface area contributed by atoms with Crippen LogP contribution < -0.4 is 14.4 Å². The van der Waals surface area contributed by atoms with Gasteiger partial charge < -0.3 is 14.2 Å². The van der Waals surface area contributed by atoms with Gasteiger partial charge in [0.25, 0.3) is 5.91 Å². The smallest absolute Gasteiger partial charge is 0.266 e. The summed E-state index contributed by atoms with van der Waals surface area (Å²) in [5.41, 5.74) is 0.781. The van der Waals surface area contributed by atoms with Gasteiger partial charge in [0.05, 0.1) is 30.5 Å². The number of anilines is 1. The number of ether oxygens (including phenoxy) is 3. The van der Waals surface area contributed by atoms with Gasteiger partial charge in [0.2, 0.25) is 0 Å². The molecule has 0 radical (unpaired) electrons. The minimum Gasteiger partial charge on any atom is -0.497 e. The van der Waals surface area contributed by atoms with Crippen LogP contribution >= 0.6 is 23.7 Å². The predicted molar refractivity (Wildman–Crippen MR) is 125 cm³/mol. The third kappa shape index (κ3) is 6.07. The number of aromatic nitrogens is 1. The van der Waals surface area contributed by atoms with Crippen molar-refractivity contribution in [2.24, 2.45) is 0 Å². The molecule has 0 unspecified atom stereocenters. The molecule has 0 spiro atoms. The Kier molecular flexibility index (Phi) is 8.63. The normalized spacial score (nSPS) is 14.1. The first-order valence-corrected chi connectivity index (χ1v) is 10.9. The maximum atomic E-state index is 13.1. The van der Waals surface area contributed by atoms with E-state index in [1.165, 1.54) is 35.6 Å². The number of benzene rings is 2. The number of rotatable bonds is 8. The van der Waals surface area contributed by atoms with Crippen LogP contribution in [-0.4, -0.2) is 68.9 Å². The number of halogens is 2. The number of hydrogen-bond acceptors (Lipinski definition) is 7. The van der Waals surface area contributed by atoms with E-state index in [1.807, 2.05) is 18.2 Å². The number of nitrogens with zero attached hydrogens (tertiary/aromatic N) is 3. The Morgan fingerprint density at radius 3 is 2.62 bits per heavy atom. The van der Waals surface area contributed by atoms with Crippen molar-refractivity contribution >= 4 is 45.0 Å². The average Bonchev–Trinajstić information content (AvgIpc) is 3.22. The fourth-order valence-corrected chi connectivity index (χ4v) is 4.27. The molecule has 7 nitrogen and oxygen atoms in total. The van der Waals surface area contributed by atoms with Crippen LogP contribution in [-0.2, 0) is 9.53 Å². The summed E-state index contributed by atoms with van der Waals surface area (Å²) in [6.45, 7) is 4.11. The van der Waals surface area contributed by atoms with Crippen molar-refractivity contribution in [3.8, 4) is 11.5 Å². The summed E-state index contributed by atoms with van der Waals surface area (Å²) in [5, 5.41) is 0.615. The minimum absolute atomic E-state index is 0. The third-order valence-corrected chi connectivity index (χ3v) is 6.09. The molecule has 4 rings (SSSR count). The van der Waals surface area contributed by atoms with Gasteiger partial charge >= 0.3 is 0 Å². The predicted octanol–water partition coefficient (Wildman–Crippen LogP) is 3.61. The molecule has 0 aliphatic carbocycles. The van der Waals surface area contributed by atoms with Crippen molar-refractivity contribution in [1.82, 2.24) is 9.88 Å². The van der Waals surface area contributed by atoms with Crippen molar-refractivity contribution in [2.45, 2.75) is 0 Å². The number of amides is 1. The average molecular weight is 482 g/mol. The Hall–Kier alpha value is -2.46. The zero-order chi connectivity index (χ0) is 21.6. The summed E-state index contributed by atoms with van der Waals surface area (Å²) < 4.78 is 30.4. The van der Waals surface area contributed by atoms with Crippen molar-refractivity contribution < 1.29 is 23.4 Å². The van der Waals surface area contributed by atoms with Crippen molar-refractivity contribution in [3.05, 3.63) is 48.3 Å². The summed E-state index contributed by atoms with van der Waals surface area (Å²) in [4.78, 5) is 21.7. The molecule has 2 heterocycles. The Labute approximate surface area is 196 Å². The molecule has 0 bridgehead atoms. The number of morpholine rings is 1. The van der Waals surface area contributed by atoms with Gasteiger partial charge in [-0.05, 0) is 36.4 Å². The van der Waals surface area contributed by atoms with E-state index in [0.717, 1.165) is 29.1 Å². The first kappa shape index (κ1) is 24.2. The quantitative estimate of drug-likeness (QED) is 0.490. The maximum absolute atomic E-state index is 13.1. The first-order chi connectivity index (χ1) is 15.1. The lowest BCUT2D eigenvalue weighted by Gasteiger charge is -2.29. The van der Waals surface area contributed by atoms with Gasteiger partial charge in [-0.3, -0.25) is 14.6 Å². The number of thiazole rings is 1. The number of carbonyl (C=O) groups is 1. The molecular formula is C22H25ClFN3O4S. The van der Waals surface area contributed by atoms with Crippen LogP contribution in [0.5, 0.6) is 11.5 Å². The SMILES string of the molecule is COc1ccc2sc(N(CCN3CCOCC3)C(=O)COc3ccc(F)cc3)nc2c1.Cl. The zero-order valence-electron chi connectivity index (χ0n) is 17.7. The summed E-state index contributed by atoms with van der Waals surface area (Å²) in [7, 11) is 1.61. The largest absolute Gasteiger partial charge is 0.497 e. The lowest BCUT2D eigenvalue weighted by atomic mass is 10.3. The number of methoxy groups -OCH3 is 1. The van der Waals surface area contributed by atoms with Gasteiger partial charge in [-0.25, -0.2) is 9.37 Å². The van der Waals surface area contributed by atoms with Gasteiger partial charge in [-0.15, -0.1) is 12.4 Å². The van der Waals surface area contributed by atoms with E-state index in [9.17, 15) is 9.18 Å². The van der Waals surface area contributed by atoms with Crippen LogP contribution in [0.4, 0.5) is 9.52 Å². The monoisotopic (exact) mass is 481 g/mol. The number of hydrogen-bond donors (Lipinski definition) is 0. The molecule has 3 aromatic rings. The molecule has 1 aliphatic rings. The van der Waals surface area contributed by atoms with Crippen LogP contribution in [0.25, 0.3) is 10.2 Å². The van der Waals surface area contributed by atoms with Crippen molar-refractivity contribution in [3.63, 3.8) is 0 Å². The van der Waals surface area contributed by atoms with Gasteiger partial charge in [-0.2, -0.15) is 0 Å². The van der Waals surface area contributed by atoms with Crippen LogP contribution in [0.1, 0.15) is 0 Å². The van der Waals surface area contributed by atoms with E-state index in [0.29, 0.717) is 37.2 Å². The molecule has 0 atom stereocenters. The summed E-state index contributed by atoms with van der Waals surface area (Å²) in [6, 6.07) is 11.3. The van der Waals surface area contributed by atoms with E-state index >= 15 is 0 Å². The van der Waals surface area contributed by atoms with Gasteiger partial charge in [0, 0.05) is 32.2 Å². The molecular weight excluding hydrogens is 457 g/mol. The lowest BCUT2D eigenvalue weighted by molar-refractivity contribution is -0.120. The fourth-order valence-electron chi connectivity index (χ4n) is 3.28. The second-order valence-corrected chi connectivity index (χ2v) is 8.08. The first-order valence-electron chi connectivity index (χ1n) is 10.1. The molecule has 32 heavy (non-hydrogen) atoms. The highest BCUT2D eigenvalue weighted by Crippen LogP contribution is 2.31. The zero-order valence-corrected chi connectivity index (χ0v) is 19.3. The van der Waals surface area contributed by atoms with Crippen LogP contribution in [0.3, 0.4) is 0 Å². The Morgan fingerprint density at radius 2 is 1.91 bits per heavy atom. The molecule has 1 aliphatic heterocycles. The van der Waals surface area contributed by atoms with Crippen LogP contribution in [0.2, 0.25) is 0 Å². The Balaban J connectivity index is 0.00000289. The topological polar surface area (TPSA) is 64.1 Å². The fraction of sp³-hybridized carbons (Fsp3) is 0.364. The molecule has 0 saturated carbocycles. The molecule has 0 N–H and O–H groups in total. The lowest BCUT2D eigenvalue weighted by Crippen LogP contribution is -2.44. The second-order valence-electron chi connectivity index (χ2n) is 7.07. The van der Waals surface area contributed by atoms with Crippen LogP contribution in [0.15, 0.2) is 42.5 Å². The summed E-state index contributed by atoms with van der Waals surface area (Å²) >= 11 is 1.45. The maximum Gasteiger partial charge on any atom is 0.266 e. The van der Waals surface area contributed by atoms with Crippen molar-refractivity contribution in [2.75, 3.05) is 58.0 Å². The van der Waals surface area contributed by atoms with Gasteiger partial charge in [-0.1, -0.05) is 11.3 Å². The van der Waals surface area contributed by atoms with Crippen LogP contribution in [0, 0.1) is 5.82 Å². The molecule has 172 valence electrons. The Morgan fingerprint density at radius 1 is 1.19 bits per heavy atom. The summed E-state index contributed by atoms with van der Waals surface area (Å²) in [5.74, 6) is 0.603. The number of fused-ring (bicyclic) bond motifs is 1. The highest BCUT2D eigenvalue weighted by atomic mass is 35.5. The second kappa shape index (κ2) is 11.4. The highest BCUT2D eigenvalue weighted by Gasteiger charge is 2.22. The van der Waals surface area contributed by atoms with E-state index in [4.69, 9.17) is 14.2 Å². The molecule has 1 saturated heterocycles. The van der Waals surface area contributed by atoms with Crippen molar-refractivity contribution in [1.29, 1.82) is 0 Å². The third-order valence-electron chi connectivity index (χ3n) is 5.03. The summed E-state index contributed by atoms with van der Waals surface area (Å²) in [6.07, 6.45) is 0. The molecule has 10 heteroatoms. The molecule has 1 aromatic heterocycles. The standard InChI is InChI=1S/C22H24FN3O4S.ClH/c1-28-18-6-7-20-19(14-18)24-22(31-20)26(9-8-25-10-12-29-13-11-25)21(27)15-30-17-4-2-16(23)3-5-17;/h2-7,14H,8-13,15H2,1H3;1H. The van der Waals surface area contributed by atoms with E-state index in [2.05, 4.69) is 9.88 Å². The van der Waals surface area contributed by atoms with Gasteiger partial charge in [0.1, 0.15) is 17.3 Å². The Bertz CT molecular complexity index is 1030. The van der Waals surface area contributed by atoms with E-state index in [-0.39, 0.29) is 30.7 Å². The minimum atomic E-state index is -0.351. The molecule has 1 amide bonds.